The Kier molecular flexibility index (Phi) is 7.81. The van der Waals surface area contributed by atoms with E-state index in [9.17, 15) is 23.1 Å². The smallest absolute Gasteiger partial charge is 0.207 e. The number of rotatable bonds is 9. The van der Waals surface area contributed by atoms with Crippen LogP contribution in [0.3, 0.4) is 0 Å². The summed E-state index contributed by atoms with van der Waals surface area (Å²) in [6.07, 6.45) is 1.39. The second kappa shape index (κ2) is 11.3. The molecule has 1 aliphatic heterocycles. The highest BCUT2D eigenvalue weighted by Gasteiger charge is 2.26. The summed E-state index contributed by atoms with van der Waals surface area (Å²) in [6, 6.07) is 11.9. The lowest BCUT2D eigenvalue weighted by Crippen LogP contribution is -2.26. The zero-order valence-electron chi connectivity index (χ0n) is 21.6. The number of alkyl halides is 1. The van der Waals surface area contributed by atoms with Gasteiger partial charge in [0.1, 0.15) is 28.3 Å². The molecule has 5 rings (SSSR count). The number of phenolic OH excluding ortho intramolecular Hbond substituents is 1. The van der Waals surface area contributed by atoms with Gasteiger partial charge < -0.3 is 14.6 Å². The normalized spacial score (nSPS) is 15.7. The molecule has 0 saturated carbocycles. The van der Waals surface area contributed by atoms with E-state index in [2.05, 4.69) is 4.90 Å². The van der Waals surface area contributed by atoms with E-state index in [0.29, 0.717) is 51.2 Å². The summed E-state index contributed by atoms with van der Waals surface area (Å²) in [5.41, 5.74) is 1.30. The van der Waals surface area contributed by atoms with Crippen LogP contribution in [0.2, 0.25) is 0 Å². The summed E-state index contributed by atoms with van der Waals surface area (Å²) in [5.74, 6) is -0.949. The largest absolute Gasteiger partial charge is 0.505 e. The topological polar surface area (TPSA) is 59.0 Å². The molecule has 39 heavy (non-hydrogen) atoms. The molecular formula is C30H28F3NO4S. The van der Waals surface area contributed by atoms with Crippen LogP contribution in [0.1, 0.15) is 39.2 Å². The van der Waals surface area contributed by atoms with Crippen LogP contribution in [0.25, 0.3) is 10.1 Å². The number of carbonyl (C=O) groups excluding carboxylic acids is 1. The van der Waals surface area contributed by atoms with Crippen LogP contribution in [-0.2, 0) is 0 Å². The minimum Gasteiger partial charge on any atom is -0.505 e. The highest BCUT2D eigenvalue weighted by molar-refractivity contribution is 7.21. The second-order valence-corrected chi connectivity index (χ2v) is 10.8. The quantitative estimate of drug-likeness (QED) is 0.219. The van der Waals surface area contributed by atoms with Gasteiger partial charge in [0.25, 0.3) is 0 Å². The maximum absolute atomic E-state index is 14.4. The molecule has 1 aromatic heterocycles. The first kappa shape index (κ1) is 27.0. The Bertz CT molecular complexity index is 1500. The molecule has 1 N–H and O–H groups in total. The Morgan fingerprint density at radius 1 is 1.08 bits per heavy atom. The van der Waals surface area contributed by atoms with Crippen molar-refractivity contribution in [2.75, 3.05) is 26.3 Å². The predicted octanol–water partition coefficient (Wildman–Crippen LogP) is 7.34. The third-order valence-electron chi connectivity index (χ3n) is 6.83. The summed E-state index contributed by atoms with van der Waals surface area (Å²) in [4.78, 5) is 16.1. The van der Waals surface area contributed by atoms with Gasteiger partial charge in [-0.2, -0.15) is 0 Å². The zero-order chi connectivity index (χ0) is 27.7. The SMILES string of the molecule is Cc1cc(F)cc(C)c1C(=O)c1sc2cc(O)c(F)cc2c1Oc1ccc(O[C@@H]2CCN(CCCF)C2)cc1. The average molecular weight is 556 g/mol. The third kappa shape index (κ3) is 5.74. The minimum absolute atomic E-state index is 0.0132. The second-order valence-electron chi connectivity index (χ2n) is 9.75. The Morgan fingerprint density at radius 3 is 2.46 bits per heavy atom. The highest BCUT2D eigenvalue weighted by Crippen LogP contribution is 2.44. The van der Waals surface area contributed by atoms with Crippen LogP contribution in [0.4, 0.5) is 13.2 Å². The fourth-order valence-electron chi connectivity index (χ4n) is 4.99. The minimum atomic E-state index is -0.834. The number of ether oxygens (including phenoxy) is 2. The number of nitrogens with zero attached hydrogens (tertiary/aromatic N) is 1. The zero-order valence-corrected chi connectivity index (χ0v) is 22.4. The van der Waals surface area contributed by atoms with E-state index in [1.807, 2.05) is 0 Å². The van der Waals surface area contributed by atoms with Gasteiger partial charge in [-0.3, -0.25) is 14.1 Å². The van der Waals surface area contributed by atoms with Gasteiger partial charge in [0.05, 0.1) is 6.67 Å². The summed E-state index contributed by atoms with van der Waals surface area (Å²) in [6.45, 7) is 5.32. The molecule has 4 aromatic rings. The van der Waals surface area contributed by atoms with E-state index < -0.39 is 17.4 Å². The Labute approximate surface area is 228 Å². The molecule has 0 bridgehead atoms. The van der Waals surface area contributed by atoms with Crippen LogP contribution in [-0.4, -0.2) is 48.2 Å². The fourth-order valence-corrected chi connectivity index (χ4v) is 6.08. The Balaban J connectivity index is 1.42. The van der Waals surface area contributed by atoms with Crippen molar-refractivity contribution in [3.63, 3.8) is 0 Å². The first-order chi connectivity index (χ1) is 18.7. The van der Waals surface area contributed by atoms with Crippen LogP contribution < -0.4 is 9.47 Å². The number of thiophene rings is 1. The molecule has 0 aliphatic carbocycles. The summed E-state index contributed by atoms with van der Waals surface area (Å²) < 4.78 is 53.4. The molecule has 1 atom stereocenters. The number of hydrogen-bond acceptors (Lipinski definition) is 6. The number of aromatic hydroxyl groups is 1. The van der Waals surface area contributed by atoms with Crippen molar-refractivity contribution in [1.82, 2.24) is 4.90 Å². The molecule has 1 aliphatic rings. The number of carbonyl (C=O) groups is 1. The van der Waals surface area contributed by atoms with Gasteiger partial charge in [-0.25, -0.2) is 8.78 Å². The lowest BCUT2D eigenvalue weighted by atomic mass is 9.97. The monoisotopic (exact) mass is 555 g/mol. The molecule has 9 heteroatoms. The van der Waals surface area contributed by atoms with Crippen LogP contribution in [0, 0.1) is 25.5 Å². The molecule has 204 valence electrons. The number of halogens is 3. The number of ketones is 1. The van der Waals surface area contributed by atoms with Gasteiger partial charge in [-0.05, 0) is 80.3 Å². The van der Waals surface area contributed by atoms with Crippen LogP contribution >= 0.6 is 11.3 Å². The van der Waals surface area contributed by atoms with Gasteiger partial charge in [0.15, 0.2) is 17.3 Å². The maximum Gasteiger partial charge on any atom is 0.207 e. The molecule has 0 radical (unpaired) electrons. The molecule has 0 unspecified atom stereocenters. The van der Waals surface area contributed by atoms with E-state index >= 15 is 0 Å². The van der Waals surface area contributed by atoms with Crippen molar-refractivity contribution in [1.29, 1.82) is 0 Å². The van der Waals surface area contributed by atoms with E-state index in [1.54, 1.807) is 38.1 Å². The van der Waals surface area contributed by atoms with Crippen molar-refractivity contribution in [2.45, 2.75) is 32.8 Å². The number of hydrogen-bond donors (Lipinski definition) is 1. The van der Waals surface area contributed by atoms with Crippen LogP contribution in [0.15, 0.2) is 48.5 Å². The van der Waals surface area contributed by atoms with Crippen molar-refractivity contribution < 1.29 is 32.5 Å². The van der Waals surface area contributed by atoms with Gasteiger partial charge in [-0.15, -0.1) is 11.3 Å². The number of aryl methyl sites for hydroxylation is 2. The number of benzene rings is 3. The van der Waals surface area contributed by atoms with Gasteiger partial charge >= 0.3 is 0 Å². The van der Waals surface area contributed by atoms with E-state index in [-0.39, 0.29) is 29.2 Å². The van der Waals surface area contributed by atoms with Crippen molar-refractivity contribution >= 4 is 27.2 Å². The average Bonchev–Trinajstić information content (AvgIpc) is 3.48. The van der Waals surface area contributed by atoms with E-state index in [0.717, 1.165) is 36.9 Å². The first-order valence-electron chi connectivity index (χ1n) is 12.7. The third-order valence-corrected chi connectivity index (χ3v) is 7.96. The Hall–Kier alpha value is -3.56. The fraction of sp³-hybridized carbons (Fsp3) is 0.300. The summed E-state index contributed by atoms with van der Waals surface area (Å²) in [5, 5.41) is 10.3. The van der Waals surface area contributed by atoms with E-state index in [4.69, 9.17) is 9.47 Å². The number of phenols is 1. The highest BCUT2D eigenvalue weighted by atomic mass is 32.1. The predicted molar refractivity (Wildman–Crippen MR) is 145 cm³/mol. The molecule has 2 heterocycles. The molecule has 0 spiro atoms. The first-order valence-corrected chi connectivity index (χ1v) is 13.5. The molecule has 3 aromatic carbocycles. The maximum atomic E-state index is 14.4. The summed E-state index contributed by atoms with van der Waals surface area (Å²) in [7, 11) is 0. The van der Waals surface area contributed by atoms with Crippen LogP contribution in [0.5, 0.6) is 23.0 Å². The lowest BCUT2D eigenvalue weighted by molar-refractivity contribution is 0.103. The van der Waals surface area contributed by atoms with Gasteiger partial charge in [0.2, 0.25) is 5.78 Å². The molecular weight excluding hydrogens is 527 g/mol. The standard InChI is InChI=1S/C30H28F3NO4S/c1-17-12-19(32)13-18(2)27(17)28(36)30-29(23-14-24(33)25(35)15-26(23)39-30)38-21-6-4-20(5-7-21)37-22-8-11-34(16-22)10-3-9-31/h4-7,12-15,22,35H,3,8-11,16H2,1-2H3/t22-/m1/s1. The number of fused-ring (bicyclic) bond motifs is 1. The van der Waals surface area contributed by atoms with Crippen molar-refractivity contribution in [3.8, 4) is 23.0 Å². The number of likely N-dealkylation sites (tertiary alicyclic amines) is 1. The van der Waals surface area contributed by atoms with Crippen molar-refractivity contribution in [2.24, 2.45) is 0 Å². The molecule has 0 amide bonds. The van der Waals surface area contributed by atoms with Gasteiger partial charge in [0, 0.05) is 41.4 Å². The molecule has 5 nitrogen and oxygen atoms in total. The molecule has 1 fully saturated rings. The Morgan fingerprint density at radius 2 is 1.77 bits per heavy atom. The lowest BCUT2D eigenvalue weighted by Gasteiger charge is -2.16. The van der Waals surface area contributed by atoms with E-state index in [1.165, 1.54) is 18.2 Å². The molecule has 1 saturated heterocycles. The summed E-state index contributed by atoms with van der Waals surface area (Å²) >= 11 is 1.07. The van der Waals surface area contributed by atoms with Gasteiger partial charge in [-0.1, -0.05) is 0 Å². The van der Waals surface area contributed by atoms with Crippen molar-refractivity contribution in [3.05, 3.63) is 81.7 Å².